The van der Waals surface area contributed by atoms with Gasteiger partial charge in [-0.15, -0.1) is 11.3 Å². The molecule has 4 nitrogen and oxygen atoms in total. The summed E-state index contributed by atoms with van der Waals surface area (Å²) in [5.74, 6) is 2.42. The summed E-state index contributed by atoms with van der Waals surface area (Å²) in [5.41, 5.74) is 2.04. The lowest BCUT2D eigenvalue weighted by Crippen LogP contribution is -2.32. The molecule has 0 atom stereocenters. The van der Waals surface area contributed by atoms with Crippen molar-refractivity contribution in [3.05, 3.63) is 23.1 Å². The first-order valence-corrected chi connectivity index (χ1v) is 8.88. The van der Waals surface area contributed by atoms with Gasteiger partial charge in [-0.2, -0.15) is 0 Å². The molecule has 0 saturated carbocycles. The highest BCUT2D eigenvalue weighted by atomic mass is 32.1. The third-order valence-electron chi connectivity index (χ3n) is 4.50. The molecule has 1 aliphatic rings. The van der Waals surface area contributed by atoms with E-state index in [0.717, 1.165) is 46.9 Å². The molecule has 0 N–H and O–H groups in total. The van der Waals surface area contributed by atoms with Crippen LogP contribution in [0.2, 0.25) is 0 Å². The zero-order valence-corrected chi connectivity index (χ0v) is 15.1. The van der Waals surface area contributed by atoms with Crippen molar-refractivity contribution in [3.63, 3.8) is 0 Å². The van der Waals surface area contributed by atoms with Gasteiger partial charge in [0.25, 0.3) is 0 Å². The topological polar surface area (TPSA) is 34.6 Å². The molecule has 5 heteroatoms. The van der Waals surface area contributed by atoms with Gasteiger partial charge in [-0.05, 0) is 37.8 Å². The lowest BCUT2D eigenvalue weighted by Gasteiger charge is -2.29. The smallest absolute Gasteiger partial charge is 0.186 e. The fraction of sp³-hybridized carbons (Fsp3) is 0.500. The third kappa shape index (κ3) is 3.29. The number of piperidine rings is 1. The Bertz CT molecular complexity index is 676. The minimum absolute atomic E-state index is 0.795. The molecular formula is C18H24N2O2S. The monoisotopic (exact) mass is 332 g/mol. The maximum atomic E-state index is 5.54. The molecule has 0 unspecified atom stereocenters. The number of aromatic nitrogens is 1. The number of rotatable bonds is 4. The standard InChI is InChI=1S/C18H24N2O2S/c1-12-7-9-20(10-8-12)18-19-17(13(2)23-18)15-6-5-14(21-3)11-16(15)22-4/h5-6,11-12H,7-10H2,1-4H3. The van der Waals surface area contributed by atoms with Gasteiger partial charge in [-0.25, -0.2) is 4.98 Å². The number of hydrogen-bond acceptors (Lipinski definition) is 5. The van der Waals surface area contributed by atoms with Gasteiger partial charge in [0.1, 0.15) is 11.5 Å². The molecule has 0 spiro atoms. The van der Waals surface area contributed by atoms with Crippen LogP contribution in [0, 0.1) is 12.8 Å². The number of ether oxygens (including phenoxy) is 2. The summed E-state index contributed by atoms with van der Waals surface area (Å²) in [6.45, 7) is 6.67. The molecule has 2 heterocycles. The Hall–Kier alpha value is -1.75. The van der Waals surface area contributed by atoms with E-state index in [4.69, 9.17) is 14.5 Å². The van der Waals surface area contributed by atoms with E-state index >= 15 is 0 Å². The highest BCUT2D eigenvalue weighted by Crippen LogP contribution is 2.39. The van der Waals surface area contributed by atoms with Crippen molar-refractivity contribution in [2.45, 2.75) is 26.7 Å². The molecule has 124 valence electrons. The predicted octanol–water partition coefficient (Wildman–Crippen LogP) is 4.37. The molecule has 23 heavy (non-hydrogen) atoms. The van der Waals surface area contributed by atoms with E-state index in [1.807, 2.05) is 18.2 Å². The van der Waals surface area contributed by atoms with E-state index in [1.165, 1.54) is 17.7 Å². The van der Waals surface area contributed by atoms with Crippen LogP contribution in [0.3, 0.4) is 0 Å². The zero-order chi connectivity index (χ0) is 16.4. The molecule has 1 aromatic heterocycles. The Labute approximate surface area is 142 Å². The Morgan fingerprint density at radius 2 is 1.91 bits per heavy atom. The second-order valence-electron chi connectivity index (χ2n) is 6.14. The average molecular weight is 332 g/mol. The van der Waals surface area contributed by atoms with Crippen LogP contribution >= 0.6 is 11.3 Å². The fourth-order valence-corrected chi connectivity index (χ4v) is 3.94. The normalized spacial score (nSPS) is 15.7. The van der Waals surface area contributed by atoms with Crippen molar-refractivity contribution in [1.82, 2.24) is 4.98 Å². The SMILES string of the molecule is COc1ccc(-c2nc(N3CCC(C)CC3)sc2C)c(OC)c1. The second kappa shape index (κ2) is 6.79. The van der Waals surface area contributed by atoms with Crippen molar-refractivity contribution in [1.29, 1.82) is 0 Å². The minimum atomic E-state index is 0.795. The summed E-state index contributed by atoms with van der Waals surface area (Å²) in [5, 5.41) is 1.13. The van der Waals surface area contributed by atoms with E-state index in [9.17, 15) is 0 Å². The molecule has 0 bridgehead atoms. The van der Waals surface area contributed by atoms with Crippen molar-refractivity contribution in [2.24, 2.45) is 5.92 Å². The van der Waals surface area contributed by atoms with E-state index in [2.05, 4.69) is 18.7 Å². The Kier molecular flexibility index (Phi) is 4.76. The van der Waals surface area contributed by atoms with Gasteiger partial charge in [0, 0.05) is 29.6 Å². The maximum Gasteiger partial charge on any atom is 0.186 e. The van der Waals surface area contributed by atoms with Crippen LogP contribution in [0.15, 0.2) is 18.2 Å². The van der Waals surface area contributed by atoms with Crippen LogP contribution in [0.5, 0.6) is 11.5 Å². The number of thiazole rings is 1. The number of anilines is 1. The highest BCUT2D eigenvalue weighted by molar-refractivity contribution is 7.16. The van der Waals surface area contributed by atoms with E-state index in [0.29, 0.717) is 0 Å². The Balaban J connectivity index is 1.92. The summed E-state index contributed by atoms with van der Waals surface area (Å²) in [7, 11) is 3.35. The summed E-state index contributed by atoms with van der Waals surface area (Å²) in [6, 6.07) is 5.90. The second-order valence-corrected chi connectivity index (χ2v) is 7.32. The Morgan fingerprint density at radius 3 is 2.57 bits per heavy atom. The van der Waals surface area contributed by atoms with Crippen molar-refractivity contribution >= 4 is 16.5 Å². The van der Waals surface area contributed by atoms with Crippen LogP contribution in [0.25, 0.3) is 11.3 Å². The summed E-state index contributed by atoms with van der Waals surface area (Å²) >= 11 is 1.77. The van der Waals surface area contributed by atoms with Gasteiger partial charge in [-0.1, -0.05) is 6.92 Å². The molecular weight excluding hydrogens is 308 g/mol. The minimum Gasteiger partial charge on any atom is -0.497 e. The first-order chi connectivity index (χ1) is 11.1. The van der Waals surface area contributed by atoms with E-state index < -0.39 is 0 Å². The average Bonchev–Trinajstić information content (AvgIpc) is 2.96. The van der Waals surface area contributed by atoms with Gasteiger partial charge in [0.2, 0.25) is 0 Å². The van der Waals surface area contributed by atoms with Crippen LogP contribution in [0.1, 0.15) is 24.6 Å². The lowest BCUT2D eigenvalue weighted by molar-refractivity contribution is 0.395. The van der Waals surface area contributed by atoms with Crippen molar-refractivity contribution in [2.75, 3.05) is 32.2 Å². The van der Waals surface area contributed by atoms with Gasteiger partial charge in [-0.3, -0.25) is 0 Å². The third-order valence-corrected chi connectivity index (χ3v) is 5.53. The van der Waals surface area contributed by atoms with Gasteiger partial charge in [0.15, 0.2) is 5.13 Å². The zero-order valence-electron chi connectivity index (χ0n) is 14.3. The van der Waals surface area contributed by atoms with Gasteiger partial charge < -0.3 is 14.4 Å². The van der Waals surface area contributed by atoms with Gasteiger partial charge in [0.05, 0.1) is 19.9 Å². The maximum absolute atomic E-state index is 5.54. The van der Waals surface area contributed by atoms with E-state index in [1.54, 1.807) is 25.6 Å². The molecule has 0 radical (unpaired) electrons. The molecule has 1 aliphatic heterocycles. The largest absolute Gasteiger partial charge is 0.497 e. The number of benzene rings is 1. The number of hydrogen-bond donors (Lipinski definition) is 0. The summed E-state index contributed by atoms with van der Waals surface area (Å²) < 4.78 is 10.8. The number of aryl methyl sites for hydroxylation is 1. The first kappa shape index (κ1) is 16.1. The van der Waals surface area contributed by atoms with Crippen LogP contribution in [0.4, 0.5) is 5.13 Å². The van der Waals surface area contributed by atoms with E-state index in [-0.39, 0.29) is 0 Å². The van der Waals surface area contributed by atoms with Crippen LogP contribution in [-0.4, -0.2) is 32.3 Å². The fourth-order valence-electron chi connectivity index (χ4n) is 2.96. The summed E-state index contributed by atoms with van der Waals surface area (Å²) in [4.78, 5) is 8.55. The molecule has 0 aliphatic carbocycles. The molecule has 1 saturated heterocycles. The molecule has 0 amide bonds. The first-order valence-electron chi connectivity index (χ1n) is 8.07. The van der Waals surface area contributed by atoms with Gasteiger partial charge >= 0.3 is 0 Å². The van der Waals surface area contributed by atoms with Crippen molar-refractivity contribution < 1.29 is 9.47 Å². The number of methoxy groups -OCH3 is 2. The number of nitrogens with zero attached hydrogens (tertiary/aromatic N) is 2. The molecule has 2 aromatic rings. The molecule has 3 rings (SSSR count). The molecule has 1 aromatic carbocycles. The van der Waals surface area contributed by atoms with Crippen LogP contribution in [-0.2, 0) is 0 Å². The molecule has 1 fully saturated rings. The quantitative estimate of drug-likeness (QED) is 0.832. The highest BCUT2D eigenvalue weighted by Gasteiger charge is 2.21. The Morgan fingerprint density at radius 1 is 1.17 bits per heavy atom. The van der Waals surface area contributed by atoms with Crippen molar-refractivity contribution in [3.8, 4) is 22.8 Å². The predicted molar refractivity (Wildman–Crippen MR) is 96.0 cm³/mol. The van der Waals surface area contributed by atoms with Crippen LogP contribution < -0.4 is 14.4 Å². The lowest BCUT2D eigenvalue weighted by atomic mass is 10.00. The summed E-state index contributed by atoms with van der Waals surface area (Å²) in [6.07, 6.45) is 2.50.